The van der Waals surface area contributed by atoms with E-state index in [1.807, 2.05) is 18.2 Å². The van der Waals surface area contributed by atoms with Gasteiger partial charge in [-0.1, -0.05) is 23.8 Å². The second kappa shape index (κ2) is 8.65. The van der Waals surface area contributed by atoms with Crippen LogP contribution in [0.15, 0.2) is 29.8 Å². The lowest BCUT2D eigenvalue weighted by atomic mass is 9.97. The quantitative estimate of drug-likeness (QED) is 0.509. The second-order valence-electron chi connectivity index (χ2n) is 8.06. The molecule has 6 heteroatoms. The fraction of sp³-hybridized carbons (Fsp3) is 0.619. The molecule has 1 aliphatic carbocycles. The van der Waals surface area contributed by atoms with E-state index in [0.29, 0.717) is 25.3 Å². The Balaban J connectivity index is 1.40. The molecule has 1 N–H and O–H groups in total. The first-order valence-corrected chi connectivity index (χ1v) is 11.6. The first-order valence-electron chi connectivity index (χ1n) is 9.94. The van der Waals surface area contributed by atoms with Gasteiger partial charge in [-0.3, -0.25) is 0 Å². The lowest BCUT2D eigenvalue weighted by molar-refractivity contribution is 0.132. The van der Waals surface area contributed by atoms with Gasteiger partial charge < -0.3 is 9.47 Å². The van der Waals surface area contributed by atoms with Crippen molar-refractivity contribution in [2.75, 3.05) is 18.9 Å². The van der Waals surface area contributed by atoms with Gasteiger partial charge in [-0.05, 0) is 58.4 Å². The van der Waals surface area contributed by atoms with E-state index in [-0.39, 0.29) is 11.4 Å². The zero-order valence-corrected chi connectivity index (χ0v) is 17.2. The summed E-state index contributed by atoms with van der Waals surface area (Å²) in [6, 6.07) is 5.88. The van der Waals surface area contributed by atoms with Crippen molar-refractivity contribution in [3.63, 3.8) is 0 Å². The van der Waals surface area contributed by atoms with Crippen molar-refractivity contribution < 1.29 is 17.9 Å². The van der Waals surface area contributed by atoms with Gasteiger partial charge in [0, 0.05) is 18.5 Å². The SMILES string of the molecule is CC1(C)Cc2cccc(OCCCS(=O)(=O)NCCC3=CCCCC3)c2O1. The Morgan fingerprint density at radius 3 is 2.89 bits per heavy atom. The number of benzene rings is 1. The van der Waals surface area contributed by atoms with Gasteiger partial charge in [0.25, 0.3) is 0 Å². The second-order valence-corrected chi connectivity index (χ2v) is 9.98. The highest BCUT2D eigenvalue weighted by Crippen LogP contribution is 2.41. The summed E-state index contributed by atoms with van der Waals surface area (Å²) < 4.78 is 38.8. The topological polar surface area (TPSA) is 64.6 Å². The van der Waals surface area contributed by atoms with Crippen LogP contribution in [0, 0.1) is 0 Å². The zero-order chi connectivity index (χ0) is 19.3. The Labute approximate surface area is 163 Å². The Bertz CT molecular complexity index is 783. The molecule has 1 aromatic rings. The van der Waals surface area contributed by atoms with Gasteiger partial charge >= 0.3 is 0 Å². The highest BCUT2D eigenvalue weighted by molar-refractivity contribution is 7.89. The van der Waals surface area contributed by atoms with E-state index in [2.05, 4.69) is 24.6 Å². The van der Waals surface area contributed by atoms with Crippen LogP contribution in [0.1, 0.15) is 57.9 Å². The summed E-state index contributed by atoms with van der Waals surface area (Å²) in [6.45, 7) is 4.95. The highest BCUT2D eigenvalue weighted by Gasteiger charge is 2.32. The maximum atomic E-state index is 12.1. The molecule has 1 heterocycles. The predicted octanol–water partition coefficient (Wildman–Crippen LogP) is 3.98. The molecule has 0 atom stereocenters. The number of fused-ring (bicyclic) bond motifs is 1. The van der Waals surface area contributed by atoms with E-state index in [4.69, 9.17) is 9.47 Å². The third-order valence-electron chi connectivity index (χ3n) is 5.02. The molecular weight excluding hydrogens is 362 g/mol. The minimum Gasteiger partial charge on any atom is -0.490 e. The predicted molar refractivity (Wildman–Crippen MR) is 108 cm³/mol. The molecule has 0 fully saturated rings. The van der Waals surface area contributed by atoms with Gasteiger partial charge in [-0.2, -0.15) is 0 Å². The van der Waals surface area contributed by atoms with Gasteiger partial charge in [0.1, 0.15) is 5.60 Å². The molecule has 0 bridgehead atoms. The molecule has 1 aromatic carbocycles. The number of hydrogen-bond acceptors (Lipinski definition) is 4. The Hall–Kier alpha value is -1.53. The molecule has 0 saturated heterocycles. The third-order valence-corrected chi connectivity index (χ3v) is 6.49. The van der Waals surface area contributed by atoms with Crippen LogP contribution in [0.4, 0.5) is 0 Å². The van der Waals surface area contributed by atoms with Crippen LogP contribution in [0.3, 0.4) is 0 Å². The zero-order valence-electron chi connectivity index (χ0n) is 16.4. The highest BCUT2D eigenvalue weighted by atomic mass is 32.2. The minimum atomic E-state index is -3.26. The number of sulfonamides is 1. The van der Waals surface area contributed by atoms with Gasteiger partial charge in [-0.15, -0.1) is 0 Å². The third kappa shape index (κ3) is 5.98. The van der Waals surface area contributed by atoms with Crippen LogP contribution >= 0.6 is 0 Å². The monoisotopic (exact) mass is 393 g/mol. The summed E-state index contributed by atoms with van der Waals surface area (Å²) in [4.78, 5) is 0. The number of para-hydroxylation sites is 1. The van der Waals surface area contributed by atoms with E-state index in [1.165, 1.54) is 18.4 Å². The summed E-state index contributed by atoms with van der Waals surface area (Å²) >= 11 is 0. The normalized spacial score (nSPS) is 18.5. The molecule has 0 saturated carbocycles. The average molecular weight is 394 g/mol. The summed E-state index contributed by atoms with van der Waals surface area (Å²) in [7, 11) is -3.26. The van der Waals surface area contributed by atoms with Crippen LogP contribution < -0.4 is 14.2 Å². The standard InChI is InChI=1S/C21H31NO4S/c1-21(2)16-18-10-6-11-19(20(18)26-21)25-14-7-15-27(23,24)22-13-12-17-8-4-3-5-9-17/h6,8,10-11,22H,3-5,7,9,12-16H2,1-2H3. The summed E-state index contributed by atoms with van der Waals surface area (Å²) in [5, 5.41) is 0. The van der Waals surface area contributed by atoms with Crippen molar-refractivity contribution in [1.29, 1.82) is 0 Å². The first kappa shape index (κ1) is 20.2. The van der Waals surface area contributed by atoms with Gasteiger partial charge in [0.15, 0.2) is 11.5 Å². The number of ether oxygens (including phenoxy) is 2. The van der Waals surface area contributed by atoms with E-state index >= 15 is 0 Å². The fourth-order valence-corrected chi connectivity index (χ4v) is 4.76. The van der Waals surface area contributed by atoms with E-state index in [0.717, 1.165) is 37.0 Å². The molecule has 0 aromatic heterocycles. The first-order chi connectivity index (χ1) is 12.8. The molecule has 2 aliphatic rings. The van der Waals surface area contributed by atoms with Crippen molar-refractivity contribution in [3.05, 3.63) is 35.4 Å². The lowest BCUT2D eigenvalue weighted by Crippen LogP contribution is -2.28. The van der Waals surface area contributed by atoms with Crippen molar-refractivity contribution in [2.45, 2.75) is 64.4 Å². The Morgan fingerprint density at radius 1 is 1.26 bits per heavy atom. The molecule has 1 aliphatic heterocycles. The van der Waals surface area contributed by atoms with Crippen LogP contribution in [-0.4, -0.2) is 32.9 Å². The number of allylic oxidation sites excluding steroid dienone is 1. The summed E-state index contributed by atoms with van der Waals surface area (Å²) in [6.07, 6.45) is 9.09. The summed E-state index contributed by atoms with van der Waals surface area (Å²) in [5.41, 5.74) is 2.31. The molecule has 0 spiro atoms. The largest absolute Gasteiger partial charge is 0.490 e. The van der Waals surface area contributed by atoms with Crippen molar-refractivity contribution in [2.24, 2.45) is 0 Å². The van der Waals surface area contributed by atoms with Crippen molar-refractivity contribution in [3.8, 4) is 11.5 Å². The maximum Gasteiger partial charge on any atom is 0.211 e. The smallest absolute Gasteiger partial charge is 0.211 e. The lowest BCUT2D eigenvalue weighted by Gasteiger charge is -2.18. The van der Waals surface area contributed by atoms with Gasteiger partial charge in [-0.25, -0.2) is 13.1 Å². The van der Waals surface area contributed by atoms with Crippen molar-refractivity contribution in [1.82, 2.24) is 4.72 Å². The molecular formula is C21H31NO4S. The molecule has 0 unspecified atom stereocenters. The molecule has 0 radical (unpaired) electrons. The van der Waals surface area contributed by atoms with Crippen LogP contribution in [0.2, 0.25) is 0 Å². The Kier molecular flexibility index (Phi) is 6.48. The number of nitrogens with one attached hydrogen (secondary N) is 1. The van der Waals surface area contributed by atoms with E-state index in [1.54, 1.807) is 0 Å². The van der Waals surface area contributed by atoms with E-state index < -0.39 is 10.0 Å². The number of hydrogen-bond donors (Lipinski definition) is 1. The van der Waals surface area contributed by atoms with Crippen LogP contribution in [0.5, 0.6) is 11.5 Å². The average Bonchev–Trinajstić information content (AvgIpc) is 2.94. The molecule has 3 rings (SSSR count). The minimum absolute atomic E-state index is 0.0768. The van der Waals surface area contributed by atoms with Gasteiger partial charge in [0.05, 0.1) is 12.4 Å². The van der Waals surface area contributed by atoms with Crippen molar-refractivity contribution >= 4 is 10.0 Å². The molecule has 5 nitrogen and oxygen atoms in total. The fourth-order valence-electron chi connectivity index (χ4n) is 3.70. The molecule has 27 heavy (non-hydrogen) atoms. The van der Waals surface area contributed by atoms with E-state index in [9.17, 15) is 8.42 Å². The maximum absolute atomic E-state index is 12.1. The van der Waals surface area contributed by atoms with Crippen LogP contribution in [-0.2, 0) is 16.4 Å². The number of rotatable bonds is 9. The summed E-state index contributed by atoms with van der Waals surface area (Å²) in [5.74, 6) is 1.57. The van der Waals surface area contributed by atoms with Gasteiger partial charge in [0.2, 0.25) is 10.0 Å². The molecule has 150 valence electrons. The van der Waals surface area contributed by atoms with Crippen LogP contribution in [0.25, 0.3) is 0 Å². The molecule has 0 amide bonds. The Morgan fingerprint density at radius 2 is 2.11 bits per heavy atom.